The van der Waals surface area contributed by atoms with E-state index in [0.29, 0.717) is 30.0 Å². The fraction of sp³-hybridized carbons (Fsp3) is 0.368. The standard InChI is InChI=1S/C19H23FIN3/c1-5-17(21)12(3)24-11(2)8-14-15(10-22)19(14)13-6-7-16(20)18(9-13)23-4/h5-9,14-15,19H,4,10,22H2,1-3H3/b11-8+,17-5+,24-12-. The van der Waals surface area contributed by atoms with Gasteiger partial charge in [-0.15, -0.1) is 0 Å². The van der Waals surface area contributed by atoms with E-state index in [1.54, 1.807) is 6.07 Å². The van der Waals surface area contributed by atoms with Gasteiger partial charge in [0, 0.05) is 9.28 Å². The lowest BCUT2D eigenvalue weighted by atomic mass is 10.1. The highest BCUT2D eigenvalue weighted by atomic mass is 127. The summed E-state index contributed by atoms with van der Waals surface area (Å²) in [6, 6.07) is 5.05. The molecule has 2 rings (SSSR count). The molecular weight excluding hydrogens is 416 g/mol. The lowest BCUT2D eigenvalue weighted by Gasteiger charge is -2.03. The first-order valence-electron chi connectivity index (χ1n) is 7.95. The van der Waals surface area contributed by atoms with Gasteiger partial charge in [-0.05, 0) is 92.1 Å². The largest absolute Gasteiger partial charge is 0.330 e. The van der Waals surface area contributed by atoms with Gasteiger partial charge in [-0.1, -0.05) is 18.2 Å². The summed E-state index contributed by atoms with van der Waals surface area (Å²) in [6.45, 7) is 10.0. The zero-order chi connectivity index (χ0) is 17.9. The second-order valence-corrected chi connectivity index (χ2v) is 7.18. The summed E-state index contributed by atoms with van der Waals surface area (Å²) in [4.78, 5) is 8.39. The molecule has 1 saturated carbocycles. The van der Waals surface area contributed by atoms with Crippen molar-refractivity contribution in [3.63, 3.8) is 0 Å². The van der Waals surface area contributed by atoms with E-state index in [1.807, 2.05) is 32.9 Å². The van der Waals surface area contributed by atoms with Gasteiger partial charge in [-0.25, -0.2) is 4.39 Å². The molecule has 24 heavy (non-hydrogen) atoms. The van der Waals surface area contributed by atoms with Gasteiger partial charge in [0.05, 0.1) is 11.4 Å². The monoisotopic (exact) mass is 439 g/mol. The molecule has 0 saturated heterocycles. The average molecular weight is 439 g/mol. The minimum atomic E-state index is -0.344. The Hall–Kier alpha value is -1.34. The van der Waals surface area contributed by atoms with Gasteiger partial charge in [-0.3, -0.25) is 9.98 Å². The maximum absolute atomic E-state index is 13.6. The van der Waals surface area contributed by atoms with Gasteiger partial charge in [0.1, 0.15) is 5.82 Å². The van der Waals surface area contributed by atoms with Crippen LogP contribution in [0, 0.1) is 17.7 Å². The van der Waals surface area contributed by atoms with Crippen LogP contribution < -0.4 is 5.73 Å². The van der Waals surface area contributed by atoms with Gasteiger partial charge < -0.3 is 5.73 Å². The molecule has 3 nitrogen and oxygen atoms in total. The topological polar surface area (TPSA) is 50.7 Å². The summed E-state index contributed by atoms with van der Waals surface area (Å²) in [5, 5.41) is 0. The van der Waals surface area contributed by atoms with E-state index in [9.17, 15) is 4.39 Å². The molecule has 1 aliphatic rings. The van der Waals surface area contributed by atoms with Crippen LogP contribution >= 0.6 is 22.6 Å². The fourth-order valence-electron chi connectivity index (χ4n) is 3.10. The second kappa shape index (κ2) is 8.16. The first-order valence-corrected chi connectivity index (χ1v) is 9.03. The van der Waals surface area contributed by atoms with Crippen LogP contribution in [-0.4, -0.2) is 19.0 Å². The van der Waals surface area contributed by atoms with Crippen molar-refractivity contribution in [3.8, 4) is 0 Å². The molecule has 0 heterocycles. The molecule has 1 aliphatic carbocycles. The number of rotatable bonds is 6. The summed E-state index contributed by atoms with van der Waals surface area (Å²) in [5.41, 5.74) is 9.27. The normalized spacial score (nSPS) is 24.9. The van der Waals surface area contributed by atoms with E-state index in [2.05, 4.69) is 45.4 Å². The molecule has 0 aliphatic heterocycles. The van der Waals surface area contributed by atoms with E-state index < -0.39 is 0 Å². The van der Waals surface area contributed by atoms with Crippen molar-refractivity contribution in [1.29, 1.82) is 0 Å². The predicted molar refractivity (Wildman–Crippen MR) is 109 cm³/mol. The Bertz CT molecular complexity index is 721. The van der Waals surface area contributed by atoms with Gasteiger partial charge in [0.15, 0.2) is 0 Å². The third-order valence-corrected chi connectivity index (χ3v) is 5.81. The maximum atomic E-state index is 13.6. The summed E-state index contributed by atoms with van der Waals surface area (Å²) >= 11 is 2.28. The number of hydrogen-bond donors (Lipinski definition) is 1. The Labute approximate surface area is 156 Å². The third kappa shape index (κ3) is 4.19. The highest BCUT2D eigenvalue weighted by molar-refractivity contribution is 14.1. The molecule has 0 spiro atoms. The first-order chi connectivity index (χ1) is 11.4. The quantitative estimate of drug-likeness (QED) is 0.484. The van der Waals surface area contributed by atoms with E-state index in [1.165, 1.54) is 6.07 Å². The average Bonchev–Trinajstić information content (AvgIpc) is 3.26. The van der Waals surface area contributed by atoms with Gasteiger partial charge in [-0.2, -0.15) is 0 Å². The highest BCUT2D eigenvalue weighted by Gasteiger charge is 2.48. The highest BCUT2D eigenvalue weighted by Crippen LogP contribution is 2.55. The van der Waals surface area contributed by atoms with Crippen LogP contribution in [0.25, 0.3) is 0 Å². The molecule has 0 bridgehead atoms. The molecule has 1 aromatic rings. The Morgan fingerprint density at radius 2 is 2.12 bits per heavy atom. The lowest BCUT2D eigenvalue weighted by molar-refractivity contribution is 0.629. The molecule has 2 N–H and O–H groups in total. The minimum absolute atomic E-state index is 0.294. The van der Waals surface area contributed by atoms with Crippen LogP contribution in [0.3, 0.4) is 0 Å². The number of hydrogen-bond acceptors (Lipinski definition) is 3. The SMILES string of the molecule is C=Nc1cc(C2C(/C=C(C)/N=C(C)\C(I)=C/C)C2CN)ccc1F. The van der Waals surface area contributed by atoms with Crippen molar-refractivity contribution in [2.24, 2.45) is 27.6 Å². The van der Waals surface area contributed by atoms with Gasteiger partial charge in [0.25, 0.3) is 0 Å². The summed E-state index contributed by atoms with van der Waals surface area (Å²) in [5.74, 6) is 0.641. The molecule has 128 valence electrons. The zero-order valence-electron chi connectivity index (χ0n) is 14.3. The minimum Gasteiger partial charge on any atom is -0.330 e. The van der Waals surface area contributed by atoms with E-state index in [-0.39, 0.29) is 5.82 Å². The number of aliphatic imine (C=N–C) groups is 2. The second-order valence-electron chi connectivity index (χ2n) is 6.01. The van der Waals surface area contributed by atoms with Gasteiger partial charge >= 0.3 is 0 Å². The van der Waals surface area contributed by atoms with Crippen LogP contribution in [0.2, 0.25) is 0 Å². The smallest absolute Gasteiger partial charge is 0.148 e. The summed E-state index contributed by atoms with van der Waals surface area (Å²) in [6.07, 6.45) is 4.22. The molecule has 1 fully saturated rings. The Kier molecular flexibility index (Phi) is 6.46. The van der Waals surface area contributed by atoms with Crippen LogP contribution in [0.4, 0.5) is 10.1 Å². The summed E-state index contributed by atoms with van der Waals surface area (Å²) in [7, 11) is 0. The van der Waals surface area contributed by atoms with Crippen LogP contribution in [0.5, 0.6) is 0 Å². The molecule has 1 aromatic carbocycles. The Balaban J connectivity index is 2.23. The molecule has 0 aromatic heterocycles. The maximum Gasteiger partial charge on any atom is 0.148 e. The number of allylic oxidation sites excluding steroid dienone is 4. The molecule has 0 radical (unpaired) electrons. The molecular formula is C19H23FIN3. The van der Waals surface area contributed by atoms with Crippen molar-refractivity contribution in [1.82, 2.24) is 0 Å². The van der Waals surface area contributed by atoms with Crippen molar-refractivity contribution < 1.29 is 4.39 Å². The first kappa shape index (κ1) is 19.0. The van der Waals surface area contributed by atoms with Crippen molar-refractivity contribution in [2.45, 2.75) is 26.7 Å². The molecule has 5 heteroatoms. The van der Waals surface area contributed by atoms with Crippen molar-refractivity contribution in [2.75, 3.05) is 6.54 Å². The van der Waals surface area contributed by atoms with Crippen molar-refractivity contribution in [3.05, 3.63) is 51.0 Å². The Morgan fingerprint density at radius 1 is 1.42 bits per heavy atom. The van der Waals surface area contributed by atoms with Crippen LogP contribution in [0.1, 0.15) is 32.3 Å². The van der Waals surface area contributed by atoms with E-state index in [4.69, 9.17) is 5.73 Å². The number of benzene rings is 1. The summed E-state index contributed by atoms with van der Waals surface area (Å²) < 4.78 is 14.7. The van der Waals surface area contributed by atoms with E-state index in [0.717, 1.165) is 20.6 Å². The van der Waals surface area contributed by atoms with Crippen LogP contribution in [0.15, 0.2) is 49.6 Å². The van der Waals surface area contributed by atoms with Crippen molar-refractivity contribution >= 4 is 40.7 Å². The lowest BCUT2D eigenvalue weighted by Crippen LogP contribution is -2.03. The molecule has 0 amide bonds. The predicted octanol–water partition coefficient (Wildman–Crippen LogP) is 5.15. The molecule has 3 atom stereocenters. The number of halogens is 2. The van der Waals surface area contributed by atoms with E-state index >= 15 is 0 Å². The number of nitrogens with zero attached hydrogens (tertiary/aromatic N) is 2. The van der Waals surface area contributed by atoms with Gasteiger partial charge in [0.2, 0.25) is 0 Å². The fourth-order valence-corrected chi connectivity index (χ4v) is 3.22. The Morgan fingerprint density at radius 3 is 2.71 bits per heavy atom. The third-order valence-electron chi connectivity index (χ3n) is 4.40. The zero-order valence-corrected chi connectivity index (χ0v) is 16.4. The molecule has 3 unspecified atom stereocenters. The van der Waals surface area contributed by atoms with Crippen LogP contribution in [-0.2, 0) is 0 Å². The number of nitrogens with two attached hydrogens (primary N) is 1.